The monoisotopic (exact) mass is 340 g/mol. The molecular weight excluding hydrogens is 312 g/mol. The number of phenolic OH excluding ortho intramolecular Hbond substituents is 1. The molecule has 2 N–H and O–H groups in total. The van der Waals surface area contributed by atoms with E-state index in [9.17, 15) is 9.90 Å². The summed E-state index contributed by atoms with van der Waals surface area (Å²) in [7, 11) is 3.01. The van der Waals surface area contributed by atoms with Crippen LogP contribution >= 0.6 is 0 Å². The van der Waals surface area contributed by atoms with E-state index in [2.05, 4.69) is 11.7 Å². The molecule has 0 bridgehead atoms. The van der Waals surface area contributed by atoms with Gasteiger partial charge in [-0.05, 0) is 18.6 Å². The zero-order valence-corrected chi connectivity index (χ0v) is 14.7. The summed E-state index contributed by atoms with van der Waals surface area (Å²) in [5, 5.41) is 19.1. The first kappa shape index (κ1) is 20.3. The Morgan fingerprint density at radius 1 is 1.08 bits per heavy atom. The van der Waals surface area contributed by atoms with E-state index in [1.54, 1.807) is 12.1 Å². The van der Waals surface area contributed by atoms with E-state index >= 15 is 0 Å². The first-order valence-corrected chi connectivity index (χ1v) is 8.34. The molecule has 0 fully saturated rings. The number of rotatable bonds is 11. The van der Waals surface area contributed by atoms with Crippen molar-refractivity contribution in [3.05, 3.63) is 23.8 Å². The predicted molar refractivity (Wildman–Crippen MR) is 90.4 cm³/mol. The lowest BCUT2D eigenvalue weighted by Crippen LogP contribution is -2.31. The molecule has 6 nitrogen and oxygen atoms in total. The smallest absolute Gasteiger partial charge is 0.504 e. The first-order valence-electron chi connectivity index (χ1n) is 8.34. The molecule has 0 aromatic heterocycles. The molecule has 1 aromatic carbocycles. The van der Waals surface area contributed by atoms with Crippen LogP contribution < -0.4 is 4.74 Å². The Labute approximate surface area is 143 Å². The van der Waals surface area contributed by atoms with Crippen molar-refractivity contribution in [3.63, 3.8) is 0 Å². The second kappa shape index (κ2) is 10.2. The number of benzene rings is 1. The number of methoxy groups -OCH3 is 2. The van der Waals surface area contributed by atoms with Gasteiger partial charge >= 0.3 is 6.16 Å². The van der Waals surface area contributed by atoms with Gasteiger partial charge in [0.1, 0.15) is 0 Å². The van der Waals surface area contributed by atoms with Crippen LogP contribution in [0.2, 0.25) is 0 Å². The standard InChI is InChI=1S/C18H28O6/c1-4-5-6-7-8-9-13-18(22-2,23-3)14-11-10-12-15(16(14)19)24-17(20)21/h10-12,19H,4-9,13H2,1-3H3,(H,20,21). The second-order valence-corrected chi connectivity index (χ2v) is 5.70. The number of carboxylic acid groups (broad SMARTS) is 1. The van der Waals surface area contributed by atoms with Gasteiger partial charge < -0.3 is 24.4 Å². The van der Waals surface area contributed by atoms with Crippen LogP contribution in [-0.2, 0) is 15.3 Å². The summed E-state index contributed by atoms with van der Waals surface area (Å²) in [6, 6.07) is 4.63. The lowest BCUT2D eigenvalue weighted by Gasteiger charge is -2.32. The summed E-state index contributed by atoms with van der Waals surface area (Å²) in [5.74, 6) is -1.55. The van der Waals surface area contributed by atoms with E-state index in [4.69, 9.17) is 14.6 Å². The Morgan fingerprint density at radius 3 is 2.29 bits per heavy atom. The molecule has 0 aliphatic heterocycles. The third kappa shape index (κ3) is 5.39. The van der Waals surface area contributed by atoms with Crippen LogP contribution in [-0.4, -0.2) is 30.6 Å². The summed E-state index contributed by atoms with van der Waals surface area (Å²) in [6.45, 7) is 2.18. The van der Waals surface area contributed by atoms with Gasteiger partial charge in [-0.1, -0.05) is 45.1 Å². The van der Waals surface area contributed by atoms with Crippen LogP contribution in [0.1, 0.15) is 57.4 Å². The molecule has 0 saturated carbocycles. The van der Waals surface area contributed by atoms with Crippen molar-refractivity contribution in [1.29, 1.82) is 0 Å². The third-order valence-corrected chi connectivity index (χ3v) is 4.13. The highest BCUT2D eigenvalue weighted by molar-refractivity contribution is 5.63. The molecule has 0 radical (unpaired) electrons. The van der Waals surface area contributed by atoms with Crippen molar-refractivity contribution in [2.45, 2.75) is 57.7 Å². The summed E-state index contributed by atoms with van der Waals surface area (Å²) >= 11 is 0. The highest BCUT2D eigenvalue weighted by atomic mass is 16.7. The Morgan fingerprint density at radius 2 is 1.71 bits per heavy atom. The minimum absolute atomic E-state index is 0.138. The Hall–Kier alpha value is -1.79. The van der Waals surface area contributed by atoms with Gasteiger partial charge in [-0.25, -0.2) is 4.79 Å². The number of hydrogen-bond donors (Lipinski definition) is 2. The summed E-state index contributed by atoms with van der Waals surface area (Å²) in [5.41, 5.74) is 0.361. The highest BCUT2D eigenvalue weighted by Gasteiger charge is 2.35. The first-order chi connectivity index (χ1) is 11.5. The molecule has 0 saturated heterocycles. The van der Waals surface area contributed by atoms with Crippen LogP contribution in [0.25, 0.3) is 0 Å². The van der Waals surface area contributed by atoms with Crippen LogP contribution in [0.5, 0.6) is 11.5 Å². The van der Waals surface area contributed by atoms with E-state index in [1.807, 2.05) is 0 Å². The lowest BCUT2D eigenvalue weighted by atomic mass is 9.97. The summed E-state index contributed by atoms with van der Waals surface area (Å²) < 4.78 is 15.7. The zero-order valence-electron chi connectivity index (χ0n) is 14.7. The maximum atomic E-state index is 10.7. The fourth-order valence-electron chi connectivity index (χ4n) is 2.79. The molecular formula is C18H28O6. The number of phenols is 1. The van der Waals surface area contributed by atoms with Gasteiger partial charge in [0.05, 0.1) is 5.56 Å². The van der Waals surface area contributed by atoms with Crippen molar-refractivity contribution in [2.75, 3.05) is 14.2 Å². The van der Waals surface area contributed by atoms with Gasteiger partial charge in [0.2, 0.25) is 0 Å². The largest absolute Gasteiger partial charge is 0.511 e. The second-order valence-electron chi connectivity index (χ2n) is 5.70. The van der Waals surface area contributed by atoms with E-state index in [1.165, 1.54) is 39.5 Å². The molecule has 136 valence electrons. The van der Waals surface area contributed by atoms with Crippen molar-refractivity contribution in [1.82, 2.24) is 0 Å². The molecule has 1 rings (SSSR count). The molecule has 1 aromatic rings. The van der Waals surface area contributed by atoms with Gasteiger partial charge in [-0.15, -0.1) is 0 Å². The molecule has 0 aliphatic carbocycles. The Balaban J connectivity index is 2.88. The van der Waals surface area contributed by atoms with Gasteiger partial charge in [0.15, 0.2) is 17.3 Å². The number of aromatic hydroxyl groups is 1. The molecule has 0 heterocycles. The molecule has 24 heavy (non-hydrogen) atoms. The molecule has 0 aliphatic rings. The molecule has 6 heteroatoms. The topological polar surface area (TPSA) is 85.2 Å². The number of ether oxygens (including phenoxy) is 3. The molecule has 0 atom stereocenters. The fourth-order valence-corrected chi connectivity index (χ4v) is 2.79. The fraction of sp³-hybridized carbons (Fsp3) is 0.611. The number of para-hydroxylation sites is 1. The van der Waals surface area contributed by atoms with Crippen LogP contribution in [0.4, 0.5) is 4.79 Å². The van der Waals surface area contributed by atoms with Crippen molar-refractivity contribution in [3.8, 4) is 11.5 Å². The van der Waals surface area contributed by atoms with E-state index in [0.29, 0.717) is 12.0 Å². The summed E-state index contributed by atoms with van der Waals surface area (Å²) in [6.07, 6.45) is 5.76. The maximum absolute atomic E-state index is 10.7. The van der Waals surface area contributed by atoms with E-state index in [-0.39, 0.29) is 11.5 Å². The average Bonchev–Trinajstić information content (AvgIpc) is 2.57. The quantitative estimate of drug-likeness (QED) is 0.264. The van der Waals surface area contributed by atoms with Gasteiger partial charge in [-0.3, -0.25) is 0 Å². The van der Waals surface area contributed by atoms with Gasteiger partial charge in [0, 0.05) is 20.6 Å². The van der Waals surface area contributed by atoms with Crippen molar-refractivity contribution < 1.29 is 29.2 Å². The van der Waals surface area contributed by atoms with Crippen molar-refractivity contribution in [2.24, 2.45) is 0 Å². The SMILES string of the molecule is CCCCCCCCC(OC)(OC)c1cccc(OC(=O)O)c1O. The van der Waals surface area contributed by atoms with Crippen molar-refractivity contribution >= 4 is 6.16 Å². The van der Waals surface area contributed by atoms with E-state index < -0.39 is 11.9 Å². The van der Waals surface area contributed by atoms with Gasteiger partial charge in [0.25, 0.3) is 0 Å². The Kier molecular flexibility index (Phi) is 8.57. The minimum atomic E-state index is -1.49. The van der Waals surface area contributed by atoms with Crippen LogP contribution in [0.3, 0.4) is 0 Å². The van der Waals surface area contributed by atoms with Crippen LogP contribution in [0, 0.1) is 0 Å². The minimum Gasteiger partial charge on any atom is -0.504 e. The zero-order chi connectivity index (χ0) is 18.0. The molecule has 0 spiro atoms. The number of hydrogen-bond acceptors (Lipinski definition) is 5. The number of unbranched alkanes of at least 4 members (excludes halogenated alkanes) is 5. The number of carbonyl (C=O) groups is 1. The van der Waals surface area contributed by atoms with E-state index in [0.717, 1.165) is 19.3 Å². The maximum Gasteiger partial charge on any atom is 0.511 e. The average molecular weight is 340 g/mol. The predicted octanol–water partition coefficient (Wildman–Crippen LogP) is 4.65. The highest BCUT2D eigenvalue weighted by Crippen LogP contribution is 2.41. The summed E-state index contributed by atoms with van der Waals surface area (Å²) in [4.78, 5) is 10.7. The molecule has 0 unspecified atom stereocenters. The molecule has 0 amide bonds. The third-order valence-electron chi connectivity index (χ3n) is 4.13. The van der Waals surface area contributed by atoms with Gasteiger partial charge in [-0.2, -0.15) is 0 Å². The van der Waals surface area contributed by atoms with Crippen LogP contribution in [0.15, 0.2) is 18.2 Å². The Bertz CT molecular complexity index is 510. The normalized spacial score (nSPS) is 11.5. The lowest BCUT2D eigenvalue weighted by molar-refractivity contribution is -0.221.